The first-order chi connectivity index (χ1) is 10.5. The first-order valence-electron chi connectivity index (χ1n) is 7.89. The molecule has 3 rings (SSSR count). The van der Waals surface area contributed by atoms with Crippen molar-refractivity contribution in [3.63, 3.8) is 0 Å². The summed E-state index contributed by atoms with van der Waals surface area (Å²) in [6, 6.07) is 4.36. The van der Waals surface area contributed by atoms with Crippen LogP contribution in [0.15, 0.2) is 17.5 Å². The summed E-state index contributed by atoms with van der Waals surface area (Å²) in [7, 11) is 0. The molecular formula is C18H22N2OS. The average molecular weight is 314 g/mol. The van der Waals surface area contributed by atoms with Crippen molar-refractivity contribution >= 4 is 22.4 Å². The Morgan fingerprint density at radius 3 is 2.45 bits per heavy atom. The standard InChI is InChI=1S/C18H22N2OS/c1-11-8-12(2)16(13(3)9-11)15-10-22-18(19-15)20-17(21)14-6-4-5-7-14/h8-10,14H,4-7H2,1-3H3,(H,19,20,21). The van der Waals surface area contributed by atoms with E-state index in [2.05, 4.69) is 43.2 Å². The van der Waals surface area contributed by atoms with Gasteiger partial charge in [0.05, 0.1) is 5.69 Å². The van der Waals surface area contributed by atoms with Gasteiger partial charge in [-0.15, -0.1) is 11.3 Å². The number of hydrogen-bond acceptors (Lipinski definition) is 3. The molecule has 22 heavy (non-hydrogen) atoms. The van der Waals surface area contributed by atoms with Crippen LogP contribution in [0, 0.1) is 26.7 Å². The van der Waals surface area contributed by atoms with Crippen LogP contribution < -0.4 is 5.32 Å². The molecule has 0 spiro atoms. The quantitative estimate of drug-likeness (QED) is 0.878. The normalized spacial score (nSPS) is 15.2. The highest BCUT2D eigenvalue weighted by Crippen LogP contribution is 2.32. The SMILES string of the molecule is Cc1cc(C)c(-c2csc(NC(=O)C3CCCC3)n2)c(C)c1. The molecule has 2 aromatic rings. The van der Waals surface area contributed by atoms with Crippen molar-refractivity contribution in [3.05, 3.63) is 34.2 Å². The van der Waals surface area contributed by atoms with E-state index in [4.69, 9.17) is 0 Å². The summed E-state index contributed by atoms with van der Waals surface area (Å²) in [5.74, 6) is 0.311. The highest BCUT2D eigenvalue weighted by atomic mass is 32.1. The number of nitrogens with one attached hydrogen (secondary N) is 1. The highest BCUT2D eigenvalue weighted by Gasteiger charge is 2.23. The number of rotatable bonds is 3. The molecule has 0 saturated heterocycles. The number of nitrogens with zero attached hydrogens (tertiary/aromatic N) is 1. The zero-order valence-corrected chi connectivity index (χ0v) is 14.2. The second-order valence-corrected chi connectivity index (χ2v) is 7.14. The van der Waals surface area contributed by atoms with E-state index < -0.39 is 0 Å². The number of amides is 1. The van der Waals surface area contributed by atoms with Crippen LogP contribution in [0.3, 0.4) is 0 Å². The first-order valence-corrected chi connectivity index (χ1v) is 8.77. The van der Waals surface area contributed by atoms with E-state index in [1.54, 1.807) is 0 Å². The van der Waals surface area contributed by atoms with E-state index in [1.165, 1.54) is 46.4 Å². The summed E-state index contributed by atoms with van der Waals surface area (Å²) >= 11 is 1.51. The second-order valence-electron chi connectivity index (χ2n) is 6.28. The molecule has 3 nitrogen and oxygen atoms in total. The fourth-order valence-electron chi connectivity index (χ4n) is 3.43. The van der Waals surface area contributed by atoms with Crippen molar-refractivity contribution in [2.75, 3.05) is 5.32 Å². The molecule has 1 aliphatic rings. The van der Waals surface area contributed by atoms with Gasteiger partial charge in [0.25, 0.3) is 0 Å². The van der Waals surface area contributed by atoms with E-state index in [0.717, 1.165) is 18.5 Å². The van der Waals surface area contributed by atoms with Gasteiger partial charge < -0.3 is 5.32 Å². The monoisotopic (exact) mass is 314 g/mol. The van der Waals surface area contributed by atoms with Crippen molar-refractivity contribution in [2.45, 2.75) is 46.5 Å². The Balaban J connectivity index is 1.80. The largest absolute Gasteiger partial charge is 0.302 e. The Hall–Kier alpha value is -1.68. The van der Waals surface area contributed by atoms with Crippen LogP contribution >= 0.6 is 11.3 Å². The topological polar surface area (TPSA) is 42.0 Å². The number of carbonyl (C=O) groups is 1. The predicted octanol–water partition coefficient (Wildman–Crippen LogP) is 4.86. The lowest BCUT2D eigenvalue weighted by Crippen LogP contribution is -2.20. The van der Waals surface area contributed by atoms with Gasteiger partial charge in [-0.2, -0.15) is 0 Å². The van der Waals surface area contributed by atoms with E-state index in [0.29, 0.717) is 5.13 Å². The molecule has 0 unspecified atom stereocenters. The molecule has 1 fully saturated rings. The van der Waals surface area contributed by atoms with Gasteiger partial charge in [-0.1, -0.05) is 30.5 Å². The van der Waals surface area contributed by atoms with E-state index in [9.17, 15) is 4.79 Å². The lowest BCUT2D eigenvalue weighted by atomic mass is 9.98. The van der Waals surface area contributed by atoms with Gasteiger partial charge in [-0.3, -0.25) is 4.79 Å². The van der Waals surface area contributed by atoms with Crippen LogP contribution in [-0.4, -0.2) is 10.9 Å². The third kappa shape index (κ3) is 3.07. The van der Waals surface area contributed by atoms with Crippen LogP contribution in [0.4, 0.5) is 5.13 Å². The molecule has 0 bridgehead atoms. The maximum atomic E-state index is 12.2. The molecule has 0 atom stereocenters. The molecule has 1 amide bonds. The smallest absolute Gasteiger partial charge is 0.229 e. The molecular weight excluding hydrogens is 292 g/mol. The molecule has 1 heterocycles. The van der Waals surface area contributed by atoms with Crippen molar-refractivity contribution in [2.24, 2.45) is 5.92 Å². The number of thiazole rings is 1. The molecule has 1 aromatic carbocycles. The molecule has 0 radical (unpaired) electrons. The van der Waals surface area contributed by atoms with Crippen molar-refractivity contribution in [3.8, 4) is 11.3 Å². The van der Waals surface area contributed by atoms with E-state index in [-0.39, 0.29) is 11.8 Å². The minimum absolute atomic E-state index is 0.135. The van der Waals surface area contributed by atoms with Gasteiger partial charge in [0, 0.05) is 16.9 Å². The Bertz CT molecular complexity index is 676. The van der Waals surface area contributed by atoms with Crippen molar-refractivity contribution in [1.82, 2.24) is 4.98 Å². The maximum absolute atomic E-state index is 12.2. The number of anilines is 1. The summed E-state index contributed by atoms with van der Waals surface area (Å²) < 4.78 is 0. The summed E-state index contributed by atoms with van der Waals surface area (Å²) in [6.45, 7) is 6.34. The van der Waals surface area contributed by atoms with Crippen LogP contribution in [0.25, 0.3) is 11.3 Å². The first kappa shape index (κ1) is 15.2. The van der Waals surface area contributed by atoms with Gasteiger partial charge >= 0.3 is 0 Å². The van der Waals surface area contributed by atoms with Crippen molar-refractivity contribution in [1.29, 1.82) is 0 Å². The highest BCUT2D eigenvalue weighted by molar-refractivity contribution is 7.14. The molecule has 1 aliphatic carbocycles. The van der Waals surface area contributed by atoms with Crippen LogP contribution in [-0.2, 0) is 4.79 Å². The Morgan fingerprint density at radius 1 is 1.18 bits per heavy atom. The lowest BCUT2D eigenvalue weighted by molar-refractivity contribution is -0.119. The number of carbonyl (C=O) groups excluding carboxylic acids is 1. The summed E-state index contributed by atoms with van der Waals surface area (Å²) in [5.41, 5.74) is 5.88. The third-order valence-corrected chi connectivity index (χ3v) is 5.15. The Morgan fingerprint density at radius 2 is 1.82 bits per heavy atom. The molecule has 4 heteroatoms. The second kappa shape index (κ2) is 6.21. The number of aryl methyl sites for hydroxylation is 3. The van der Waals surface area contributed by atoms with E-state index >= 15 is 0 Å². The predicted molar refractivity (Wildman–Crippen MR) is 92.3 cm³/mol. The Kier molecular flexibility index (Phi) is 4.30. The van der Waals surface area contributed by atoms with Gasteiger partial charge in [0.1, 0.15) is 0 Å². The summed E-state index contributed by atoms with van der Waals surface area (Å²) in [6.07, 6.45) is 4.37. The fourth-order valence-corrected chi connectivity index (χ4v) is 4.13. The molecule has 116 valence electrons. The lowest BCUT2D eigenvalue weighted by Gasteiger charge is -2.09. The fraction of sp³-hybridized carbons (Fsp3) is 0.444. The zero-order valence-electron chi connectivity index (χ0n) is 13.4. The Labute approximate surface area is 135 Å². The van der Waals surface area contributed by atoms with Crippen molar-refractivity contribution < 1.29 is 4.79 Å². The summed E-state index contributed by atoms with van der Waals surface area (Å²) in [4.78, 5) is 16.8. The summed E-state index contributed by atoms with van der Waals surface area (Å²) in [5, 5.41) is 5.74. The van der Waals surface area contributed by atoms with Gasteiger partial charge in [-0.25, -0.2) is 4.98 Å². The van der Waals surface area contributed by atoms with Crippen LogP contribution in [0.5, 0.6) is 0 Å². The van der Waals surface area contributed by atoms with E-state index in [1.807, 2.05) is 5.38 Å². The molecule has 0 aliphatic heterocycles. The van der Waals surface area contributed by atoms with Crippen LogP contribution in [0.2, 0.25) is 0 Å². The molecule has 1 N–H and O–H groups in total. The maximum Gasteiger partial charge on any atom is 0.229 e. The average Bonchev–Trinajstić information content (AvgIpc) is 3.08. The minimum atomic E-state index is 0.135. The molecule has 1 aromatic heterocycles. The molecule has 1 saturated carbocycles. The third-order valence-electron chi connectivity index (χ3n) is 4.39. The van der Waals surface area contributed by atoms with Gasteiger partial charge in [0.2, 0.25) is 5.91 Å². The number of hydrogen-bond donors (Lipinski definition) is 1. The zero-order chi connectivity index (χ0) is 15.7. The number of benzene rings is 1. The van der Waals surface area contributed by atoms with Gasteiger partial charge in [0.15, 0.2) is 5.13 Å². The van der Waals surface area contributed by atoms with Crippen LogP contribution in [0.1, 0.15) is 42.4 Å². The minimum Gasteiger partial charge on any atom is -0.302 e. The van der Waals surface area contributed by atoms with Gasteiger partial charge in [-0.05, 0) is 44.7 Å². The number of aromatic nitrogens is 1.